The zero-order valence-corrected chi connectivity index (χ0v) is 23.5. The number of carbonyl (C=O) groups is 1. The van der Waals surface area contributed by atoms with E-state index in [0.717, 1.165) is 23.3 Å². The van der Waals surface area contributed by atoms with Gasteiger partial charge in [-0.3, -0.25) is 4.55 Å². The van der Waals surface area contributed by atoms with E-state index in [0.29, 0.717) is 39.3 Å². The van der Waals surface area contributed by atoms with Crippen LogP contribution in [0.5, 0.6) is 5.75 Å². The van der Waals surface area contributed by atoms with Crippen molar-refractivity contribution in [1.82, 2.24) is 9.55 Å². The third-order valence-electron chi connectivity index (χ3n) is 5.20. The third-order valence-corrected chi connectivity index (χ3v) is 7.20. The first-order chi connectivity index (χ1) is 18.3. The van der Waals surface area contributed by atoms with Gasteiger partial charge in [0.15, 0.2) is 0 Å². The Hall–Kier alpha value is -2.83. The molecular weight excluding hydrogens is 614 g/mol. The summed E-state index contributed by atoms with van der Waals surface area (Å²) in [4.78, 5) is 14.0. The zero-order chi connectivity index (χ0) is 28.7. The molecule has 0 fully saturated rings. The molecule has 4 rings (SSSR count). The molecule has 0 aliphatic rings. The van der Waals surface area contributed by atoms with Gasteiger partial charge >= 0.3 is 5.97 Å². The summed E-state index contributed by atoms with van der Waals surface area (Å²) in [7, 11) is -4.45. The van der Waals surface area contributed by atoms with E-state index >= 15 is 0 Å². The van der Waals surface area contributed by atoms with E-state index in [1.54, 1.807) is 36.8 Å². The molecule has 1 unspecified atom stereocenters. The van der Waals surface area contributed by atoms with Crippen molar-refractivity contribution in [3.63, 3.8) is 0 Å². The second-order valence-corrected chi connectivity index (χ2v) is 11.0. The van der Waals surface area contributed by atoms with Crippen LogP contribution in [0.2, 0.25) is 20.1 Å². The fraction of sp³-hybridized carbons (Fsp3) is 0.120. The number of carboxylic acids is 1. The molecule has 3 N–H and O–H groups in total. The van der Waals surface area contributed by atoms with Gasteiger partial charge in [-0.15, -0.1) is 0 Å². The molecule has 0 saturated heterocycles. The minimum absolute atomic E-state index is 0.286. The van der Waals surface area contributed by atoms with E-state index in [2.05, 4.69) is 4.98 Å². The van der Waals surface area contributed by atoms with Crippen LogP contribution in [0, 0.1) is 0 Å². The van der Waals surface area contributed by atoms with Crippen molar-refractivity contribution in [2.24, 2.45) is 0 Å². The topological polar surface area (TPSA) is 139 Å². The standard InChI is InChI=1S/C18H14Cl4N2O.C7H6O6S/c19-13-2-1-12(16(21)7-13)10-25-18(9-24-6-5-23-11-24)15-4-3-14(20)8-17(15)22;8-6-2-1-4(14(11,12)13)3-5(6)7(9)10/h1-8,11,18H,9-10H2;1-3,8H,(H,9,10)(H,11,12,13). The van der Waals surface area contributed by atoms with Crippen molar-refractivity contribution in [2.45, 2.75) is 24.2 Å². The van der Waals surface area contributed by atoms with Crippen molar-refractivity contribution in [3.05, 3.63) is 110 Å². The Labute approximate surface area is 243 Å². The lowest BCUT2D eigenvalue weighted by molar-refractivity contribution is 0.0281. The maximum Gasteiger partial charge on any atom is 0.339 e. The molecule has 1 atom stereocenters. The lowest BCUT2D eigenvalue weighted by Crippen LogP contribution is -2.12. The normalized spacial score (nSPS) is 11.9. The minimum atomic E-state index is -4.45. The number of carboxylic acid groups (broad SMARTS) is 1. The van der Waals surface area contributed by atoms with Gasteiger partial charge in [-0.2, -0.15) is 8.42 Å². The summed E-state index contributed by atoms with van der Waals surface area (Å²) in [6.45, 7) is 0.890. The van der Waals surface area contributed by atoms with Crippen LogP contribution in [0.3, 0.4) is 0 Å². The number of benzene rings is 3. The molecule has 1 heterocycles. The molecule has 0 aliphatic carbocycles. The highest BCUT2D eigenvalue weighted by Gasteiger charge is 2.18. The summed E-state index contributed by atoms with van der Waals surface area (Å²) in [5.41, 5.74) is 1.12. The van der Waals surface area contributed by atoms with Crippen LogP contribution < -0.4 is 0 Å². The van der Waals surface area contributed by atoms with Crippen molar-refractivity contribution in [2.75, 3.05) is 0 Å². The number of imidazole rings is 1. The Morgan fingerprint density at radius 2 is 1.64 bits per heavy atom. The van der Waals surface area contributed by atoms with E-state index < -0.39 is 32.3 Å². The molecule has 0 saturated carbocycles. The minimum Gasteiger partial charge on any atom is -0.507 e. The summed E-state index contributed by atoms with van der Waals surface area (Å²) in [6, 6.07) is 13.2. The van der Waals surface area contributed by atoms with Crippen LogP contribution in [0.15, 0.2) is 78.2 Å². The first kappa shape index (κ1) is 30.7. The van der Waals surface area contributed by atoms with Crippen molar-refractivity contribution >= 4 is 62.5 Å². The molecule has 0 spiro atoms. The molecule has 1 aromatic heterocycles. The number of nitrogens with zero attached hydrogens (tertiary/aromatic N) is 2. The van der Waals surface area contributed by atoms with Crippen LogP contribution >= 0.6 is 46.4 Å². The number of aromatic nitrogens is 2. The molecule has 206 valence electrons. The molecule has 14 heteroatoms. The SMILES string of the molecule is Clc1ccc(COC(Cn2ccnc2)c2ccc(Cl)cc2Cl)c(Cl)c1.O=C(O)c1cc(S(=O)(=O)O)ccc1O. The van der Waals surface area contributed by atoms with Crippen LogP contribution in [-0.4, -0.2) is 38.7 Å². The summed E-state index contributed by atoms with van der Waals surface area (Å²) < 4.78 is 37.8. The molecule has 9 nitrogen and oxygen atoms in total. The first-order valence-corrected chi connectivity index (χ1v) is 13.8. The number of ether oxygens (including phenoxy) is 1. The Morgan fingerprint density at radius 3 is 2.21 bits per heavy atom. The Bertz CT molecular complexity index is 1560. The third kappa shape index (κ3) is 8.84. The molecule has 0 aliphatic heterocycles. The molecule has 0 bridgehead atoms. The number of aromatic carboxylic acids is 1. The predicted octanol–water partition coefficient (Wildman–Crippen LogP) is 6.79. The molecule has 0 radical (unpaired) electrons. The number of rotatable bonds is 8. The van der Waals surface area contributed by atoms with Crippen molar-refractivity contribution < 1.29 is 32.7 Å². The van der Waals surface area contributed by atoms with Crippen LogP contribution in [-0.2, 0) is 28.0 Å². The number of aromatic hydroxyl groups is 1. The Balaban J connectivity index is 0.000000255. The fourth-order valence-corrected chi connectivity index (χ4v) is 4.77. The summed E-state index contributed by atoms with van der Waals surface area (Å²) in [5, 5.41) is 19.8. The van der Waals surface area contributed by atoms with Gasteiger partial charge in [0.05, 0.1) is 24.4 Å². The number of halogens is 4. The van der Waals surface area contributed by atoms with E-state index in [9.17, 15) is 13.2 Å². The Kier molecular flexibility index (Phi) is 10.6. The van der Waals surface area contributed by atoms with Gasteiger partial charge in [0, 0.05) is 38.0 Å². The van der Waals surface area contributed by atoms with Gasteiger partial charge in [-0.05, 0) is 48.0 Å². The monoisotopic (exact) mass is 632 g/mol. The van der Waals surface area contributed by atoms with Crippen LogP contribution in [0.4, 0.5) is 0 Å². The maximum absolute atomic E-state index is 10.6. The molecule has 39 heavy (non-hydrogen) atoms. The number of hydrogen-bond donors (Lipinski definition) is 3. The van der Waals surface area contributed by atoms with Gasteiger partial charge in [0.2, 0.25) is 0 Å². The zero-order valence-electron chi connectivity index (χ0n) is 19.7. The molecule has 4 aromatic rings. The first-order valence-electron chi connectivity index (χ1n) is 10.8. The van der Waals surface area contributed by atoms with Crippen molar-refractivity contribution in [3.8, 4) is 5.75 Å². The second kappa shape index (κ2) is 13.5. The lowest BCUT2D eigenvalue weighted by Gasteiger charge is -2.21. The molecule has 0 amide bonds. The average molecular weight is 634 g/mol. The van der Waals surface area contributed by atoms with Crippen molar-refractivity contribution in [1.29, 1.82) is 0 Å². The van der Waals surface area contributed by atoms with Gasteiger partial charge in [-0.25, -0.2) is 9.78 Å². The highest BCUT2D eigenvalue weighted by molar-refractivity contribution is 7.85. The predicted molar refractivity (Wildman–Crippen MR) is 148 cm³/mol. The van der Waals surface area contributed by atoms with Crippen LogP contribution in [0.1, 0.15) is 27.6 Å². The van der Waals surface area contributed by atoms with Gasteiger partial charge < -0.3 is 19.5 Å². The van der Waals surface area contributed by atoms with Gasteiger partial charge in [-0.1, -0.05) is 58.5 Å². The van der Waals surface area contributed by atoms with Crippen LogP contribution in [0.25, 0.3) is 0 Å². The lowest BCUT2D eigenvalue weighted by atomic mass is 10.1. The average Bonchev–Trinajstić information content (AvgIpc) is 3.36. The molecular formula is C25H20Cl4N2O7S. The van der Waals surface area contributed by atoms with E-state index in [1.165, 1.54) is 0 Å². The smallest absolute Gasteiger partial charge is 0.339 e. The maximum atomic E-state index is 10.6. The Morgan fingerprint density at radius 1 is 0.974 bits per heavy atom. The quantitative estimate of drug-likeness (QED) is 0.180. The largest absolute Gasteiger partial charge is 0.507 e. The fourth-order valence-electron chi connectivity index (χ4n) is 3.27. The summed E-state index contributed by atoms with van der Waals surface area (Å²) in [5.74, 6) is -2.04. The molecule has 3 aromatic carbocycles. The number of phenols is 1. The van der Waals surface area contributed by atoms with E-state index in [4.69, 9.17) is 65.9 Å². The second-order valence-electron chi connectivity index (χ2n) is 7.92. The van der Waals surface area contributed by atoms with E-state index in [-0.39, 0.29) is 6.10 Å². The highest BCUT2D eigenvalue weighted by atomic mass is 35.5. The summed E-state index contributed by atoms with van der Waals surface area (Å²) >= 11 is 24.5. The van der Waals surface area contributed by atoms with Gasteiger partial charge in [0.25, 0.3) is 10.1 Å². The summed E-state index contributed by atoms with van der Waals surface area (Å²) in [6.07, 6.45) is 5.03. The number of hydrogen-bond acceptors (Lipinski definition) is 6. The van der Waals surface area contributed by atoms with E-state index in [1.807, 2.05) is 22.9 Å². The van der Waals surface area contributed by atoms with Gasteiger partial charge in [0.1, 0.15) is 17.4 Å². The highest BCUT2D eigenvalue weighted by Crippen LogP contribution is 2.31.